The first-order valence-corrected chi connectivity index (χ1v) is 13.5. The molecule has 0 unspecified atom stereocenters. The fraction of sp³-hybridized carbons (Fsp3) is 0.200. The summed E-state index contributed by atoms with van der Waals surface area (Å²) in [6.07, 6.45) is 1.12. The van der Waals surface area contributed by atoms with Crippen molar-refractivity contribution in [3.8, 4) is 0 Å². The van der Waals surface area contributed by atoms with E-state index in [1.807, 2.05) is 47.4 Å². The van der Waals surface area contributed by atoms with Crippen LogP contribution in [0.3, 0.4) is 0 Å². The highest BCUT2D eigenvalue weighted by Crippen LogP contribution is 2.39. The van der Waals surface area contributed by atoms with Crippen LogP contribution in [0.4, 0.5) is 11.4 Å². The fourth-order valence-corrected chi connectivity index (χ4v) is 5.34. The first-order valence-electron chi connectivity index (χ1n) is 10.6. The van der Waals surface area contributed by atoms with E-state index in [2.05, 4.69) is 5.32 Å². The van der Waals surface area contributed by atoms with Gasteiger partial charge < -0.3 is 10.2 Å². The molecule has 3 aromatic carbocycles. The number of carbonyl (C=O) groups is 2. The monoisotopic (exact) mass is 495 g/mol. The minimum Gasteiger partial charge on any atom is -0.322 e. The Balaban J connectivity index is 1.46. The van der Waals surface area contributed by atoms with Gasteiger partial charge in [-0.2, -0.15) is 0 Å². The standard InChI is InChI=1S/C25H25N3O4S2/c1-27(34(2,31)32)22-10-6-9-21(15-22)26-24(30)19-11-13-20(14-12-19)25-28(23(29)17-33-25)16-18-7-4-3-5-8-18/h3-15,25H,16-17H2,1-2H3,(H,26,30)/t25-/m0/s1. The number of hydrogen-bond donors (Lipinski definition) is 1. The molecule has 1 aliphatic heterocycles. The number of nitrogens with one attached hydrogen (secondary N) is 1. The summed E-state index contributed by atoms with van der Waals surface area (Å²) in [5.74, 6) is 0.222. The van der Waals surface area contributed by atoms with Crippen molar-refractivity contribution in [2.24, 2.45) is 0 Å². The second-order valence-corrected chi connectivity index (χ2v) is 11.1. The lowest BCUT2D eigenvalue weighted by Gasteiger charge is -2.24. The Labute approximate surface area is 203 Å². The number of rotatable bonds is 7. The van der Waals surface area contributed by atoms with Crippen LogP contribution in [0.5, 0.6) is 0 Å². The number of carbonyl (C=O) groups excluding carboxylic acids is 2. The second-order valence-electron chi connectivity index (χ2n) is 8.03. The molecule has 1 aliphatic rings. The molecule has 0 aliphatic carbocycles. The molecule has 0 saturated carbocycles. The average molecular weight is 496 g/mol. The molecule has 4 rings (SSSR count). The van der Waals surface area contributed by atoms with E-state index in [1.54, 1.807) is 48.2 Å². The smallest absolute Gasteiger partial charge is 0.255 e. The van der Waals surface area contributed by atoms with Gasteiger partial charge in [0.05, 0.1) is 17.7 Å². The van der Waals surface area contributed by atoms with Crippen molar-refractivity contribution in [3.63, 3.8) is 0 Å². The summed E-state index contributed by atoms with van der Waals surface area (Å²) >= 11 is 1.58. The molecule has 0 aromatic heterocycles. The first-order chi connectivity index (χ1) is 16.2. The van der Waals surface area contributed by atoms with Gasteiger partial charge in [-0.1, -0.05) is 48.5 Å². The van der Waals surface area contributed by atoms with Crippen LogP contribution in [-0.4, -0.2) is 44.2 Å². The van der Waals surface area contributed by atoms with Crippen molar-refractivity contribution in [2.75, 3.05) is 28.7 Å². The summed E-state index contributed by atoms with van der Waals surface area (Å²) in [6.45, 7) is 0.540. The molecular weight excluding hydrogens is 470 g/mol. The minimum atomic E-state index is -3.40. The lowest BCUT2D eigenvalue weighted by Crippen LogP contribution is -2.27. The molecule has 0 spiro atoms. The predicted octanol–water partition coefficient (Wildman–Crippen LogP) is 4.11. The summed E-state index contributed by atoms with van der Waals surface area (Å²) < 4.78 is 24.7. The van der Waals surface area contributed by atoms with Gasteiger partial charge in [0.25, 0.3) is 5.91 Å². The number of anilines is 2. The zero-order chi connectivity index (χ0) is 24.3. The Morgan fingerprint density at radius 3 is 2.44 bits per heavy atom. The molecule has 34 heavy (non-hydrogen) atoms. The molecule has 1 saturated heterocycles. The highest BCUT2D eigenvalue weighted by Gasteiger charge is 2.32. The van der Waals surface area contributed by atoms with Crippen LogP contribution >= 0.6 is 11.8 Å². The summed E-state index contributed by atoms with van der Waals surface area (Å²) in [6, 6.07) is 23.7. The summed E-state index contributed by atoms with van der Waals surface area (Å²) in [5, 5.41) is 2.71. The maximum Gasteiger partial charge on any atom is 0.255 e. The summed E-state index contributed by atoms with van der Waals surface area (Å²) in [7, 11) is -1.94. The first kappa shape index (κ1) is 23.8. The lowest BCUT2D eigenvalue weighted by atomic mass is 10.1. The number of nitrogens with zero attached hydrogens (tertiary/aromatic N) is 2. The third-order valence-corrected chi connectivity index (χ3v) is 8.05. The van der Waals surface area contributed by atoms with Gasteiger partial charge in [0.1, 0.15) is 5.37 Å². The minimum absolute atomic E-state index is 0.0969. The van der Waals surface area contributed by atoms with E-state index < -0.39 is 10.0 Å². The normalized spacial score (nSPS) is 15.9. The Hall–Kier alpha value is -3.30. The Morgan fingerprint density at radius 1 is 1.06 bits per heavy atom. The van der Waals surface area contributed by atoms with Gasteiger partial charge in [-0.05, 0) is 41.5 Å². The van der Waals surface area contributed by atoms with E-state index in [0.29, 0.717) is 29.2 Å². The lowest BCUT2D eigenvalue weighted by molar-refractivity contribution is -0.128. The van der Waals surface area contributed by atoms with Crippen LogP contribution in [0, 0.1) is 0 Å². The van der Waals surface area contributed by atoms with E-state index in [-0.39, 0.29) is 17.2 Å². The van der Waals surface area contributed by atoms with Crippen LogP contribution in [0.2, 0.25) is 0 Å². The largest absolute Gasteiger partial charge is 0.322 e. The SMILES string of the molecule is CN(c1cccc(NC(=O)c2ccc([C@@H]3SCC(=O)N3Cc3ccccc3)cc2)c1)S(C)(=O)=O. The van der Waals surface area contributed by atoms with E-state index >= 15 is 0 Å². The molecule has 1 N–H and O–H groups in total. The van der Waals surface area contributed by atoms with Gasteiger partial charge in [-0.3, -0.25) is 13.9 Å². The van der Waals surface area contributed by atoms with Crippen molar-refractivity contribution in [3.05, 3.63) is 95.6 Å². The third kappa shape index (κ3) is 5.43. The molecule has 176 valence electrons. The van der Waals surface area contributed by atoms with Crippen LogP contribution in [0.15, 0.2) is 78.9 Å². The van der Waals surface area contributed by atoms with Crippen molar-refractivity contribution in [1.29, 1.82) is 0 Å². The number of amides is 2. The number of sulfonamides is 1. The topological polar surface area (TPSA) is 86.8 Å². The maximum absolute atomic E-state index is 12.8. The molecule has 3 aromatic rings. The zero-order valence-electron chi connectivity index (χ0n) is 18.8. The summed E-state index contributed by atoms with van der Waals surface area (Å²) in [5.41, 5.74) is 3.45. The number of benzene rings is 3. The van der Waals surface area contributed by atoms with Crippen molar-refractivity contribution in [2.45, 2.75) is 11.9 Å². The van der Waals surface area contributed by atoms with Gasteiger partial charge >= 0.3 is 0 Å². The quantitative estimate of drug-likeness (QED) is 0.533. The predicted molar refractivity (Wildman–Crippen MR) is 136 cm³/mol. The van der Waals surface area contributed by atoms with Gasteiger partial charge in [-0.15, -0.1) is 11.8 Å². The molecule has 1 heterocycles. The average Bonchev–Trinajstić information content (AvgIpc) is 3.19. The van der Waals surface area contributed by atoms with Crippen molar-refractivity contribution in [1.82, 2.24) is 4.90 Å². The fourth-order valence-electron chi connectivity index (χ4n) is 3.65. The Morgan fingerprint density at radius 2 is 1.76 bits per heavy atom. The highest BCUT2D eigenvalue weighted by molar-refractivity contribution is 8.00. The summed E-state index contributed by atoms with van der Waals surface area (Å²) in [4.78, 5) is 27.1. The van der Waals surface area contributed by atoms with Crippen LogP contribution in [-0.2, 0) is 21.4 Å². The van der Waals surface area contributed by atoms with E-state index in [4.69, 9.17) is 0 Å². The molecule has 1 fully saturated rings. The van der Waals surface area contributed by atoms with E-state index in [1.165, 1.54) is 7.05 Å². The number of hydrogen-bond acceptors (Lipinski definition) is 5. The maximum atomic E-state index is 12.8. The molecule has 0 radical (unpaired) electrons. The van der Waals surface area contributed by atoms with Crippen LogP contribution in [0.25, 0.3) is 0 Å². The van der Waals surface area contributed by atoms with Gasteiger partial charge in [0.2, 0.25) is 15.9 Å². The van der Waals surface area contributed by atoms with E-state index in [0.717, 1.165) is 21.7 Å². The van der Waals surface area contributed by atoms with Crippen molar-refractivity contribution >= 4 is 45.0 Å². The van der Waals surface area contributed by atoms with E-state index in [9.17, 15) is 18.0 Å². The molecule has 1 atom stereocenters. The Bertz CT molecular complexity index is 1300. The highest BCUT2D eigenvalue weighted by atomic mass is 32.2. The molecule has 9 heteroatoms. The second kappa shape index (κ2) is 9.90. The Kier molecular flexibility index (Phi) is 6.95. The van der Waals surface area contributed by atoms with Gasteiger partial charge in [0.15, 0.2) is 0 Å². The van der Waals surface area contributed by atoms with Gasteiger partial charge in [-0.25, -0.2) is 8.42 Å². The molecule has 2 amide bonds. The zero-order valence-corrected chi connectivity index (χ0v) is 20.5. The van der Waals surface area contributed by atoms with Crippen LogP contribution in [0.1, 0.15) is 26.9 Å². The third-order valence-electron chi connectivity index (χ3n) is 5.59. The van der Waals surface area contributed by atoms with Crippen molar-refractivity contribution < 1.29 is 18.0 Å². The van der Waals surface area contributed by atoms with Gasteiger partial charge in [0, 0.05) is 24.8 Å². The molecular formula is C25H25N3O4S2. The number of thioether (sulfide) groups is 1. The van der Waals surface area contributed by atoms with Crippen LogP contribution < -0.4 is 9.62 Å². The molecule has 7 nitrogen and oxygen atoms in total. The molecule has 0 bridgehead atoms.